The molecular weight excluding hydrogens is 578 g/mol. The number of imide groups is 1. The largest absolute Gasteiger partial charge is 0.379 e. The normalized spacial score (nSPS) is 17.4. The zero-order chi connectivity index (χ0) is 31.3. The number of hydrogen-bond donors (Lipinski definition) is 0. The molecule has 0 N–H and O–H groups in total. The molecule has 0 aliphatic carbocycles. The van der Waals surface area contributed by atoms with Crippen LogP contribution in [0, 0.1) is 11.3 Å². The third-order valence-corrected chi connectivity index (χ3v) is 9.73. The van der Waals surface area contributed by atoms with Crippen LogP contribution in [0.25, 0.3) is 23.0 Å². The van der Waals surface area contributed by atoms with Crippen molar-refractivity contribution in [1.29, 1.82) is 5.26 Å². The highest BCUT2D eigenvalue weighted by Gasteiger charge is 2.35. The number of hydrogen-bond acceptors (Lipinski definition) is 7. The summed E-state index contributed by atoms with van der Waals surface area (Å²) in [6, 6.07) is 18.0. The SMILES string of the molecule is CCCCCCN1C(=O)C(C#N)=C(C)/C(=C\c2cn(-c3ccccc3)nc2-c2cccc(S(=O)(=O)N3CCOCC3)c2)C1=O. The second-order valence-electron chi connectivity index (χ2n) is 10.7. The number of para-hydroxylation sites is 1. The third kappa shape index (κ3) is 6.28. The highest BCUT2D eigenvalue weighted by Crippen LogP contribution is 2.32. The molecule has 0 saturated carbocycles. The van der Waals surface area contributed by atoms with E-state index in [9.17, 15) is 23.3 Å². The topological polar surface area (TPSA) is 126 Å². The number of aromatic nitrogens is 2. The lowest BCUT2D eigenvalue weighted by Crippen LogP contribution is -2.43. The molecule has 228 valence electrons. The minimum atomic E-state index is -3.77. The highest BCUT2D eigenvalue weighted by molar-refractivity contribution is 7.89. The summed E-state index contributed by atoms with van der Waals surface area (Å²) >= 11 is 0. The maximum Gasteiger partial charge on any atom is 0.271 e. The van der Waals surface area contributed by atoms with Crippen LogP contribution in [0.2, 0.25) is 0 Å². The molecule has 1 aromatic heterocycles. The van der Waals surface area contributed by atoms with Crippen molar-refractivity contribution in [2.75, 3.05) is 32.8 Å². The number of nitriles is 1. The number of sulfonamides is 1. The zero-order valence-corrected chi connectivity index (χ0v) is 25.7. The summed E-state index contributed by atoms with van der Waals surface area (Å²) in [5.41, 5.74) is 2.75. The summed E-state index contributed by atoms with van der Waals surface area (Å²) in [5.74, 6) is -1.05. The van der Waals surface area contributed by atoms with Gasteiger partial charge in [0.2, 0.25) is 10.0 Å². The van der Waals surface area contributed by atoms with Gasteiger partial charge >= 0.3 is 0 Å². The number of morpholine rings is 1. The van der Waals surface area contributed by atoms with E-state index in [1.54, 1.807) is 48.1 Å². The molecule has 0 atom stereocenters. The first-order chi connectivity index (χ1) is 21.3. The van der Waals surface area contributed by atoms with Crippen LogP contribution in [0.5, 0.6) is 0 Å². The molecule has 1 fully saturated rings. The van der Waals surface area contributed by atoms with Gasteiger partial charge in [0.25, 0.3) is 11.8 Å². The molecule has 2 aliphatic heterocycles. The van der Waals surface area contributed by atoms with Crippen LogP contribution in [0.4, 0.5) is 0 Å². The third-order valence-electron chi connectivity index (χ3n) is 7.84. The van der Waals surface area contributed by atoms with Crippen LogP contribution < -0.4 is 0 Å². The quantitative estimate of drug-likeness (QED) is 0.184. The first-order valence-corrected chi connectivity index (χ1v) is 16.2. The number of carbonyl (C=O) groups excluding carboxylic acids is 2. The molecule has 0 bridgehead atoms. The Balaban J connectivity index is 1.61. The number of carbonyl (C=O) groups is 2. The van der Waals surface area contributed by atoms with Gasteiger partial charge in [0.1, 0.15) is 17.3 Å². The lowest BCUT2D eigenvalue weighted by atomic mass is 9.93. The molecule has 3 heterocycles. The second-order valence-corrected chi connectivity index (χ2v) is 12.7. The summed E-state index contributed by atoms with van der Waals surface area (Å²) in [6.07, 6.45) is 6.92. The molecule has 2 aromatic carbocycles. The van der Waals surface area contributed by atoms with Gasteiger partial charge in [-0.2, -0.15) is 14.7 Å². The van der Waals surface area contributed by atoms with Gasteiger partial charge in [-0.05, 0) is 49.3 Å². The average molecular weight is 614 g/mol. The summed E-state index contributed by atoms with van der Waals surface area (Å²) in [6.45, 7) is 5.13. The van der Waals surface area contributed by atoms with Gasteiger partial charge < -0.3 is 4.74 Å². The molecule has 44 heavy (non-hydrogen) atoms. The van der Waals surface area contributed by atoms with Crippen molar-refractivity contribution in [3.8, 4) is 23.0 Å². The maximum atomic E-state index is 13.7. The van der Waals surface area contributed by atoms with E-state index < -0.39 is 21.8 Å². The van der Waals surface area contributed by atoms with Gasteiger partial charge in [-0.25, -0.2) is 13.1 Å². The van der Waals surface area contributed by atoms with Crippen molar-refractivity contribution in [3.05, 3.63) is 83.1 Å². The van der Waals surface area contributed by atoms with Crippen molar-refractivity contribution >= 4 is 27.9 Å². The molecule has 0 spiro atoms. The van der Waals surface area contributed by atoms with Crippen LogP contribution >= 0.6 is 0 Å². The monoisotopic (exact) mass is 613 g/mol. The Labute approximate surface area is 257 Å². The van der Waals surface area contributed by atoms with Crippen molar-refractivity contribution in [2.24, 2.45) is 0 Å². The van der Waals surface area contributed by atoms with E-state index in [0.717, 1.165) is 29.8 Å². The summed E-state index contributed by atoms with van der Waals surface area (Å²) in [7, 11) is -3.77. The molecule has 10 nitrogen and oxygen atoms in total. The Morgan fingerprint density at radius 2 is 1.75 bits per heavy atom. The molecule has 1 saturated heterocycles. The van der Waals surface area contributed by atoms with E-state index in [2.05, 4.69) is 6.92 Å². The van der Waals surface area contributed by atoms with Gasteiger partial charge in [0.15, 0.2) is 0 Å². The minimum absolute atomic E-state index is 0.0676. The van der Waals surface area contributed by atoms with Crippen molar-refractivity contribution in [1.82, 2.24) is 19.0 Å². The zero-order valence-electron chi connectivity index (χ0n) is 24.9. The van der Waals surface area contributed by atoms with Gasteiger partial charge in [0.05, 0.1) is 23.8 Å². The Hall–Kier alpha value is -4.37. The number of benzene rings is 2. The van der Waals surface area contributed by atoms with Gasteiger partial charge in [0, 0.05) is 42.5 Å². The predicted octanol–water partition coefficient (Wildman–Crippen LogP) is 4.73. The predicted molar refractivity (Wildman–Crippen MR) is 166 cm³/mol. The molecule has 2 aliphatic rings. The number of rotatable bonds is 10. The van der Waals surface area contributed by atoms with Crippen LogP contribution in [0.3, 0.4) is 0 Å². The smallest absolute Gasteiger partial charge is 0.271 e. The molecule has 0 unspecified atom stereocenters. The fraction of sp³-hybridized carbons (Fsp3) is 0.333. The Kier molecular flexibility index (Phi) is 9.54. The average Bonchev–Trinajstić information content (AvgIpc) is 3.48. The fourth-order valence-corrected chi connectivity index (χ4v) is 6.81. The molecule has 11 heteroatoms. The molecule has 2 amide bonds. The van der Waals surface area contributed by atoms with Gasteiger partial charge in [-0.15, -0.1) is 0 Å². The van der Waals surface area contributed by atoms with Crippen molar-refractivity contribution < 1.29 is 22.7 Å². The van der Waals surface area contributed by atoms with E-state index >= 15 is 0 Å². The Morgan fingerprint density at radius 3 is 2.45 bits per heavy atom. The summed E-state index contributed by atoms with van der Waals surface area (Å²) in [4.78, 5) is 28.1. The summed E-state index contributed by atoms with van der Waals surface area (Å²) < 4.78 is 35.3. The van der Waals surface area contributed by atoms with E-state index in [0.29, 0.717) is 42.0 Å². The van der Waals surface area contributed by atoms with Crippen LogP contribution in [0.1, 0.15) is 45.1 Å². The fourth-order valence-electron chi connectivity index (χ4n) is 5.36. The highest BCUT2D eigenvalue weighted by atomic mass is 32.2. The molecule has 0 radical (unpaired) electrons. The first kappa shape index (κ1) is 31.1. The minimum Gasteiger partial charge on any atom is -0.379 e. The molecule has 3 aromatic rings. The number of nitrogens with zero attached hydrogens (tertiary/aromatic N) is 5. The van der Waals surface area contributed by atoms with E-state index in [1.165, 1.54) is 4.31 Å². The van der Waals surface area contributed by atoms with E-state index in [1.807, 2.05) is 36.4 Å². The van der Waals surface area contributed by atoms with E-state index in [-0.39, 0.29) is 35.7 Å². The maximum absolute atomic E-state index is 13.7. The number of ether oxygens (including phenoxy) is 1. The molecule has 5 rings (SSSR count). The van der Waals surface area contributed by atoms with Gasteiger partial charge in [-0.1, -0.05) is 56.5 Å². The number of unbranched alkanes of at least 4 members (excludes halogenated alkanes) is 3. The van der Waals surface area contributed by atoms with Crippen LogP contribution in [-0.4, -0.2) is 72.1 Å². The number of amides is 2. The second kappa shape index (κ2) is 13.5. The van der Waals surface area contributed by atoms with Crippen LogP contribution in [0.15, 0.2) is 82.4 Å². The molecular formula is C33H35N5O5S. The first-order valence-electron chi connectivity index (χ1n) is 14.8. The Bertz CT molecular complexity index is 1760. The van der Waals surface area contributed by atoms with Crippen LogP contribution in [-0.2, 0) is 24.3 Å². The lowest BCUT2D eigenvalue weighted by Gasteiger charge is -2.27. The summed E-state index contributed by atoms with van der Waals surface area (Å²) in [5, 5.41) is 14.7. The van der Waals surface area contributed by atoms with Crippen molar-refractivity contribution in [3.63, 3.8) is 0 Å². The standard InChI is InChI=1S/C33H35N5O5S/c1-3-4-5-9-15-37-32(39)29(24(2)30(22-34)33(37)40)21-26-23-38(27-12-7-6-8-13-27)35-31(26)25-11-10-14-28(20-25)44(41,42)36-16-18-43-19-17-36/h6-8,10-14,20-21,23H,3-5,9,15-19H2,1-2H3/b29-21+. The van der Waals surface area contributed by atoms with Gasteiger partial charge in [-0.3, -0.25) is 14.5 Å². The van der Waals surface area contributed by atoms with Crippen molar-refractivity contribution in [2.45, 2.75) is 44.4 Å². The Morgan fingerprint density at radius 1 is 1.00 bits per heavy atom. The lowest BCUT2D eigenvalue weighted by molar-refractivity contribution is -0.140. The van der Waals surface area contributed by atoms with E-state index in [4.69, 9.17) is 9.84 Å².